The third-order valence-corrected chi connectivity index (χ3v) is 6.04. The maximum atomic E-state index is 13.8. The van der Waals surface area contributed by atoms with Gasteiger partial charge in [-0.1, -0.05) is 6.58 Å². The predicted octanol–water partition coefficient (Wildman–Crippen LogP) is 5.18. The molecule has 10 nitrogen and oxygen atoms in total. The van der Waals surface area contributed by atoms with Crippen molar-refractivity contribution in [2.24, 2.45) is 0 Å². The Balaban J connectivity index is 2.01. The molecular formula is C28H35F3N8O2. The van der Waals surface area contributed by atoms with E-state index in [4.69, 9.17) is 4.74 Å². The quantitative estimate of drug-likeness (QED) is 0.254. The third-order valence-electron chi connectivity index (χ3n) is 6.04. The van der Waals surface area contributed by atoms with E-state index in [1.54, 1.807) is 36.4 Å². The number of anilines is 7. The minimum absolute atomic E-state index is 0.113. The summed E-state index contributed by atoms with van der Waals surface area (Å²) in [4.78, 5) is 26.1. The van der Waals surface area contributed by atoms with E-state index in [0.29, 0.717) is 41.2 Å². The number of aromatic nitrogens is 2. The van der Waals surface area contributed by atoms with E-state index in [0.717, 1.165) is 18.3 Å². The maximum Gasteiger partial charge on any atom is 0.421 e. The predicted molar refractivity (Wildman–Crippen MR) is 158 cm³/mol. The molecule has 13 heteroatoms. The van der Waals surface area contributed by atoms with Crippen molar-refractivity contribution >= 4 is 46.1 Å². The van der Waals surface area contributed by atoms with Crippen LogP contribution in [0.25, 0.3) is 0 Å². The van der Waals surface area contributed by atoms with E-state index in [1.165, 1.54) is 7.11 Å². The van der Waals surface area contributed by atoms with Gasteiger partial charge in [0, 0.05) is 57.9 Å². The fraction of sp³-hybridized carbons (Fsp3) is 0.321. The van der Waals surface area contributed by atoms with Crippen molar-refractivity contribution in [1.82, 2.24) is 14.9 Å². The van der Waals surface area contributed by atoms with Gasteiger partial charge in [0.2, 0.25) is 11.9 Å². The smallest absolute Gasteiger partial charge is 0.421 e. The molecule has 0 fully saturated rings. The lowest BCUT2D eigenvalue weighted by Crippen LogP contribution is -2.29. The number of methoxy groups -OCH3 is 1. The van der Waals surface area contributed by atoms with E-state index in [1.807, 2.05) is 49.9 Å². The number of alkyl halides is 3. The first-order valence-corrected chi connectivity index (χ1v) is 12.6. The molecule has 0 radical (unpaired) electrons. The standard InChI is InChI=1S/C28H35F3N8O2/c1-8-25(40)34-21-15-22(24(41-7)16-23(21)39(6)14-13-37(2)3)35-27-32-17-20(28(29,30)31)26(36-27)33-18-9-11-19(12-10-18)38(4)5/h8-12,15-17H,1,13-14H2,2-7H3,(H,34,40)(H2,32,33,35,36). The molecule has 0 aliphatic rings. The Kier molecular flexibility index (Phi) is 10.0. The van der Waals surface area contributed by atoms with Crippen LogP contribution in [0.1, 0.15) is 5.56 Å². The average Bonchev–Trinajstić information content (AvgIpc) is 2.91. The Hall–Kier alpha value is -4.52. The Morgan fingerprint density at radius 1 is 1.02 bits per heavy atom. The number of nitrogens with zero attached hydrogens (tertiary/aromatic N) is 5. The second-order valence-corrected chi connectivity index (χ2v) is 9.63. The van der Waals surface area contributed by atoms with Crippen LogP contribution in [0.3, 0.4) is 0 Å². The number of amides is 1. The molecule has 0 bridgehead atoms. The van der Waals surface area contributed by atoms with Gasteiger partial charge in [-0.25, -0.2) is 4.98 Å². The van der Waals surface area contributed by atoms with Gasteiger partial charge in [-0.3, -0.25) is 4.79 Å². The first-order valence-electron chi connectivity index (χ1n) is 12.6. The number of carbonyl (C=O) groups excluding carboxylic acids is 1. The van der Waals surface area contributed by atoms with Gasteiger partial charge in [0.15, 0.2) is 0 Å². The highest BCUT2D eigenvalue weighted by atomic mass is 19.4. The molecule has 0 atom stereocenters. The SMILES string of the molecule is C=CC(=O)Nc1cc(Nc2ncc(C(F)(F)F)c(Nc3ccc(N(C)C)cc3)n2)c(OC)cc1N(C)CCN(C)C. The second-order valence-electron chi connectivity index (χ2n) is 9.63. The van der Waals surface area contributed by atoms with Crippen LogP contribution in [0.15, 0.2) is 55.3 Å². The Morgan fingerprint density at radius 2 is 1.71 bits per heavy atom. The first kappa shape index (κ1) is 31.0. The number of hydrogen-bond donors (Lipinski definition) is 3. The van der Waals surface area contributed by atoms with E-state index in [2.05, 4.69) is 32.5 Å². The molecule has 0 unspecified atom stereocenters. The van der Waals surface area contributed by atoms with E-state index in [-0.39, 0.29) is 5.95 Å². The number of benzene rings is 2. The number of hydrogen-bond acceptors (Lipinski definition) is 9. The molecule has 3 aromatic rings. The number of rotatable bonds is 12. The van der Waals surface area contributed by atoms with Crippen molar-refractivity contribution < 1.29 is 22.7 Å². The number of ether oxygens (including phenoxy) is 1. The van der Waals surface area contributed by atoms with Crippen LogP contribution in [0.4, 0.5) is 53.4 Å². The highest BCUT2D eigenvalue weighted by Gasteiger charge is 2.35. The van der Waals surface area contributed by atoms with Gasteiger partial charge in [-0.05, 0) is 50.5 Å². The Labute approximate surface area is 237 Å². The molecule has 1 amide bonds. The number of halogens is 3. The minimum atomic E-state index is -4.69. The van der Waals surface area contributed by atoms with Crippen LogP contribution in [-0.2, 0) is 11.0 Å². The van der Waals surface area contributed by atoms with Crippen LogP contribution < -0.4 is 30.5 Å². The maximum absolute atomic E-state index is 13.8. The van der Waals surface area contributed by atoms with Crippen molar-refractivity contribution in [1.29, 1.82) is 0 Å². The average molecular weight is 573 g/mol. The molecule has 2 aromatic carbocycles. The Bertz CT molecular complexity index is 1360. The summed E-state index contributed by atoms with van der Waals surface area (Å²) in [6.07, 6.45) is -2.84. The summed E-state index contributed by atoms with van der Waals surface area (Å²) in [5.41, 5.74) is 1.72. The molecule has 220 valence electrons. The van der Waals surface area contributed by atoms with Gasteiger partial charge < -0.3 is 35.4 Å². The summed E-state index contributed by atoms with van der Waals surface area (Å²) in [5.74, 6) is -0.600. The summed E-state index contributed by atoms with van der Waals surface area (Å²) in [5, 5.41) is 8.47. The van der Waals surface area contributed by atoms with Crippen LogP contribution in [-0.4, -0.2) is 76.2 Å². The zero-order valence-electron chi connectivity index (χ0n) is 23.9. The fourth-order valence-electron chi connectivity index (χ4n) is 3.75. The minimum Gasteiger partial charge on any atom is -0.494 e. The largest absolute Gasteiger partial charge is 0.494 e. The zero-order chi connectivity index (χ0) is 30.3. The molecule has 0 aliphatic carbocycles. The van der Waals surface area contributed by atoms with Crippen LogP contribution in [0.5, 0.6) is 5.75 Å². The molecule has 1 heterocycles. The molecule has 3 N–H and O–H groups in total. The molecule has 0 aliphatic heterocycles. The molecule has 1 aromatic heterocycles. The number of nitrogens with one attached hydrogen (secondary N) is 3. The highest BCUT2D eigenvalue weighted by Crippen LogP contribution is 2.39. The summed E-state index contributed by atoms with van der Waals surface area (Å²) in [6, 6.07) is 10.2. The van der Waals surface area contributed by atoms with Crippen molar-refractivity contribution in [3.8, 4) is 5.75 Å². The normalized spacial score (nSPS) is 11.2. The number of likely N-dealkylation sites (N-methyl/N-ethyl adjacent to an activating group) is 2. The lowest BCUT2D eigenvalue weighted by atomic mass is 10.2. The molecule has 0 spiro atoms. The van der Waals surface area contributed by atoms with Gasteiger partial charge in [-0.2, -0.15) is 18.2 Å². The van der Waals surface area contributed by atoms with E-state index in [9.17, 15) is 18.0 Å². The van der Waals surface area contributed by atoms with Crippen molar-refractivity contribution in [3.05, 3.63) is 60.8 Å². The third kappa shape index (κ3) is 8.24. The van der Waals surface area contributed by atoms with Gasteiger partial charge >= 0.3 is 6.18 Å². The van der Waals surface area contributed by atoms with Crippen LogP contribution in [0.2, 0.25) is 0 Å². The van der Waals surface area contributed by atoms with Gasteiger partial charge in [0.1, 0.15) is 17.1 Å². The van der Waals surface area contributed by atoms with Crippen molar-refractivity contribution in [2.75, 3.05) is 81.2 Å². The molecule has 41 heavy (non-hydrogen) atoms. The van der Waals surface area contributed by atoms with Gasteiger partial charge in [0.25, 0.3) is 0 Å². The van der Waals surface area contributed by atoms with Gasteiger partial charge in [-0.15, -0.1) is 0 Å². The van der Waals surface area contributed by atoms with Crippen LogP contribution in [0, 0.1) is 0 Å². The summed E-state index contributed by atoms with van der Waals surface area (Å²) >= 11 is 0. The Morgan fingerprint density at radius 3 is 2.27 bits per heavy atom. The molecule has 3 rings (SSSR count). The highest BCUT2D eigenvalue weighted by molar-refractivity contribution is 6.02. The lowest BCUT2D eigenvalue weighted by molar-refractivity contribution is -0.137. The summed E-state index contributed by atoms with van der Waals surface area (Å²) in [6.45, 7) is 4.90. The number of carbonyl (C=O) groups is 1. The zero-order valence-corrected chi connectivity index (χ0v) is 23.9. The first-order chi connectivity index (χ1) is 19.3. The summed E-state index contributed by atoms with van der Waals surface area (Å²) < 4.78 is 47.0. The summed E-state index contributed by atoms with van der Waals surface area (Å²) in [7, 11) is 11.0. The lowest BCUT2D eigenvalue weighted by Gasteiger charge is -2.26. The topological polar surface area (TPSA) is 97.9 Å². The molecular weight excluding hydrogens is 537 g/mol. The fourth-order valence-corrected chi connectivity index (χ4v) is 3.75. The second kappa shape index (κ2) is 13.2. The van der Waals surface area contributed by atoms with Crippen molar-refractivity contribution in [2.45, 2.75) is 6.18 Å². The van der Waals surface area contributed by atoms with E-state index >= 15 is 0 Å². The van der Waals surface area contributed by atoms with Gasteiger partial charge in [0.05, 0.1) is 24.2 Å². The van der Waals surface area contributed by atoms with E-state index < -0.39 is 23.5 Å². The molecule has 0 saturated heterocycles. The van der Waals surface area contributed by atoms with Crippen LogP contribution >= 0.6 is 0 Å². The monoisotopic (exact) mass is 572 g/mol. The molecule has 0 saturated carbocycles. The van der Waals surface area contributed by atoms with Crippen molar-refractivity contribution in [3.63, 3.8) is 0 Å².